The van der Waals surface area contributed by atoms with Crippen LogP contribution in [-0.4, -0.2) is 46.2 Å². The van der Waals surface area contributed by atoms with Gasteiger partial charge in [0.15, 0.2) is 0 Å². The Kier molecular flexibility index (Phi) is 4.41. The summed E-state index contributed by atoms with van der Waals surface area (Å²) in [6.07, 6.45) is 6.39. The Balaban J connectivity index is 1.51. The number of aliphatic hydroxyl groups is 1. The number of nitrogens with zero attached hydrogens (tertiary/aromatic N) is 1. The fourth-order valence-corrected chi connectivity index (χ4v) is 6.86. The van der Waals surface area contributed by atoms with Crippen molar-refractivity contribution in [2.75, 3.05) is 7.11 Å². The van der Waals surface area contributed by atoms with Crippen molar-refractivity contribution in [3.63, 3.8) is 0 Å². The second-order valence-electron chi connectivity index (χ2n) is 9.75. The van der Waals surface area contributed by atoms with Crippen LogP contribution >= 0.6 is 11.6 Å². The summed E-state index contributed by atoms with van der Waals surface area (Å²) in [5.41, 5.74) is 2.08. The van der Waals surface area contributed by atoms with E-state index in [0.717, 1.165) is 42.1 Å². The predicted octanol–water partition coefficient (Wildman–Crippen LogP) is 4.47. The SMILES string of the molecule is COc1ccc2[nH]cc(C(C)C(=O)N3C4CC(O)C5CC3CC(C)(C5)C4)c2c1Cl. The summed E-state index contributed by atoms with van der Waals surface area (Å²) in [6, 6.07) is 4.14. The maximum Gasteiger partial charge on any atom is 0.230 e. The number of carbonyl (C=O) groups excluding carboxylic acids is 1. The van der Waals surface area contributed by atoms with Crippen LogP contribution in [0, 0.1) is 11.3 Å². The van der Waals surface area contributed by atoms with Crippen molar-refractivity contribution in [2.24, 2.45) is 11.3 Å². The highest BCUT2D eigenvalue weighted by Crippen LogP contribution is 2.54. The number of amides is 1. The molecule has 2 N–H and O–H groups in total. The minimum Gasteiger partial charge on any atom is -0.495 e. The van der Waals surface area contributed by atoms with Crippen molar-refractivity contribution < 1.29 is 14.6 Å². The largest absolute Gasteiger partial charge is 0.495 e. The number of benzene rings is 1. The van der Waals surface area contributed by atoms with Gasteiger partial charge in [-0.1, -0.05) is 18.5 Å². The average Bonchev–Trinajstić information content (AvgIpc) is 3.04. The van der Waals surface area contributed by atoms with E-state index in [1.54, 1.807) is 7.11 Å². The third kappa shape index (κ3) is 2.89. The second kappa shape index (κ2) is 6.64. The fraction of sp³-hybridized carbons (Fsp3) is 0.609. The number of fused-ring (bicyclic) bond motifs is 2. The Morgan fingerprint density at radius 3 is 2.76 bits per heavy atom. The van der Waals surface area contributed by atoms with Crippen molar-refractivity contribution in [3.05, 3.63) is 28.9 Å². The molecule has 6 atom stereocenters. The van der Waals surface area contributed by atoms with Gasteiger partial charge in [0.2, 0.25) is 5.91 Å². The molecule has 29 heavy (non-hydrogen) atoms. The number of piperidine rings is 1. The van der Waals surface area contributed by atoms with Crippen LogP contribution < -0.4 is 4.74 Å². The van der Waals surface area contributed by atoms with Gasteiger partial charge < -0.3 is 19.7 Å². The van der Waals surface area contributed by atoms with E-state index < -0.39 is 0 Å². The van der Waals surface area contributed by atoms with Crippen LogP contribution in [0.2, 0.25) is 5.02 Å². The van der Waals surface area contributed by atoms with Gasteiger partial charge in [0, 0.05) is 29.2 Å². The lowest BCUT2D eigenvalue weighted by molar-refractivity contribution is -0.144. The first-order valence-corrected chi connectivity index (χ1v) is 11.0. The summed E-state index contributed by atoms with van der Waals surface area (Å²) in [5.74, 6) is 0.776. The van der Waals surface area contributed by atoms with Crippen molar-refractivity contribution in [1.82, 2.24) is 9.88 Å². The molecule has 2 aliphatic carbocycles. The molecule has 2 aromatic rings. The highest BCUT2D eigenvalue weighted by Gasteiger charge is 2.54. The van der Waals surface area contributed by atoms with Crippen LogP contribution in [0.4, 0.5) is 0 Å². The standard InChI is InChI=1S/C23H29ClN2O3/c1-12(16-11-25-17-4-5-19(29-3)21(24)20(16)17)22(28)26-14-6-13-8-23(2,9-14)10-15(26)7-18(13)27/h4-5,11-15,18,25,27H,6-10H2,1-3H3. The van der Waals surface area contributed by atoms with Gasteiger partial charge in [-0.3, -0.25) is 4.79 Å². The van der Waals surface area contributed by atoms with E-state index in [-0.39, 0.29) is 35.4 Å². The van der Waals surface area contributed by atoms with Crippen molar-refractivity contribution in [1.29, 1.82) is 0 Å². The molecule has 1 aromatic heterocycles. The molecule has 156 valence electrons. The van der Waals surface area contributed by atoms with E-state index in [9.17, 15) is 9.90 Å². The van der Waals surface area contributed by atoms with E-state index in [1.807, 2.05) is 25.3 Å². The van der Waals surface area contributed by atoms with Crippen molar-refractivity contribution >= 4 is 28.4 Å². The molecule has 6 heteroatoms. The Hall–Kier alpha value is -1.72. The molecule has 4 bridgehead atoms. The fourth-order valence-electron chi connectivity index (χ4n) is 6.51. The monoisotopic (exact) mass is 416 g/mol. The molecule has 6 rings (SSSR count). The van der Waals surface area contributed by atoms with E-state index in [2.05, 4.69) is 16.8 Å². The highest BCUT2D eigenvalue weighted by atomic mass is 35.5. The first kappa shape index (κ1) is 19.3. The van der Waals surface area contributed by atoms with Crippen molar-refractivity contribution in [3.8, 4) is 5.75 Å². The van der Waals surface area contributed by atoms with Crippen LogP contribution in [0.3, 0.4) is 0 Å². The molecule has 5 nitrogen and oxygen atoms in total. The number of hydrogen-bond acceptors (Lipinski definition) is 3. The van der Waals surface area contributed by atoms with Gasteiger partial charge in [-0.25, -0.2) is 0 Å². The second-order valence-corrected chi connectivity index (χ2v) is 10.1. The highest BCUT2D eigenvalue weighted by molar-refractivity contribution is 6.37. The third-order valence-corrected chi connectivity index (χ3v) is 8.10. The lowest BCUT2D eigenvalue weighted by atomic mass is 9.64. The average molecular weight is 417 g/mol. The first-order valence-electron chi connectivity index (χ1n) is 10.6. The van der Waals surface area contributed by atoms with Crippen LogP contribution in [0.25, 0.3) is 10.9 Å². The van der Waals surface area contributed by atoms with Crippen molar-refractivity contribution in [2.45, 2.75) is 70.1 Å². The Bertz CT molecular complexity index is 972. The Morgan fingerprint density at radius 2 is 2.03 bits per heavy atom. The van der Waals surface area contributed by atoms with E-state index >= 15 is 0 Å². The van der Waals surface area contributed by atoms with E-state index in [4.69, 9.17) is 16.3 Å². The van der Waals surface area contributed by atoms with Gasteiger partial charge in [-0.2, -0.15) is 0 Å². The normalized spacial score (nSPS) is 34.4. The van der Waals surface area contributed by atoms with Gasteiger partial charge >= 0.3 is 0 Å². The number of methoxy groups -OCH3 is 1. The molecule has 6 unspecified atom stereocenters. The van der Waals surface area contributed by atoms with Crippen LogP contribution in [-0.2, 0) is 4.79 Å². The molecular formula is C23H29ClN2O3. The van der Waals surface area contributed by atoms with Gasteiger partial charge in [-0.15, -0.1) is 0 Å². The molecule has 4 aliphatic rings. The predicted molar refractivity (Wildman–Crippen MR) is 113 cm³/mol. The summed E-state index contributed by atoms with van der Waals surface area (Å²) >= 11 is 6.60. The summed E-state index contributed by atoms with van der Waals surface area (Å²) in [5, 5.41) is 12.1. The number of hydrogen-bond donors (Lipinski definition) is 2. The van der Waals surface area contributed by atoms with Crippen LogP contribution in [0.5, 0.6) is 5.75 Å². The zero-order valence-electron chi connectivity index (χ0n) is 17.2. The molecule has 2 aliphatic heterocycles. The molecule has 1 aromatic carbocycles. The van der Waals surface area contributed by atoms with E-state index in [0.29, 0.717) is 23.1 Å². The van der Waals surface area contributed by atoms with Gasteiger partial charge in [0.1, 0.15) is 5.75 Å². The van der Waals surface area contributed by atoms with Gasteiger partial charge in [0.25, 0.3) is 0 Å². The minimum absolute atomic E-state index is 0.131. The zero-order valence-corrected chi connectivity index (χ0v) is 18.0. The first-order chi connectivity index (χ1) is 13.8. The van der Waals surface area contributed by atoms with Gasteiger partial charge in [-0.05, 0) is 68.1 Å². The number of carbonyl (C=O) groups is 1. The lowest BCUT2D eigenvalue weighted by Gasteiger charge is -2.52. The smallest absolute Gasteiger partial charge is 0.230 e. The summed E-state index contributed by atoms with van der Waals surface area (Å²) in [6.45, 7) is 4.31. The molecule has 4 fully saturated rings. The number of halogens is 1. The molecule has 2 saturated carbocycles. The van der Waals surface area contributed by atoms with Crippen LogP contribution in [0.1, 0.15) is 57.4 Å². The number of aromatic amines is 1. The lowest BCUT2D eigenvalue weighted by Crippen LogP contribution is -2.56. The number of ether oxygens (including phenoxy) is 1. The topological polar surface area (TPSA) is 65.6 Å². The molecule has 3 heterocycles. The summed E-state index contributed by atoms with van der Waals surface area (Å²) in [4.78, 5) is 19.1. The number of aromatic nitrogens is 1. The molecule has 1 amide bonds. The summed E-state index contributed by atoms with van der Waals surface area (Å²) < 4.78 is 5.38. The van der Waals surface area contributed by atoms with Gasteiger partial charge in [0.05, 0.1) is 24.2 Å². The maximum atomic E-state index is 13.8. The molecular weight excluding hydrogens is 388 g/mol. The number of rotatable bonds is 3. The molecule has 0 spiro atoms. The molecule has 0 radical (unpaired) electrons. The Morgan fingerprint density at radius 1 is 1.31 bits per heavy atom. The number of nitrogens with one attached hydrogen (secondary N) is 1. The maximum absolute atomic E-state index is 13.8. The quantitative estimate of drug-likeness (QED) is 0.775. The number of H-pyrrole nitrogens is 1. The van der Waals surface area contributed by atoms with E-state index in [1.165, 1.54) is 0 Å². The summed E-state index contributed by atoms with van der Waals surface area (Å²) in [7, 11) is 1.60. The minimum atomic E-state index is -0.309. The molecule has 2 saturated heterocycles. The number of aliphatic hydroxyl groups excluding tert-OH is 1. The van der Waals surface area contributed by atoms with Crippen LogP contribution in [0.15, 0.2) is 18.3 Å². The Labute approximate surface area is 176 Å². The third-order valence-electron chi connectivity index (χ3n) is 7.72. The zero-order chi connectivity index (χ0) is 20.5.